The predicted octanol–water partition coefficient (Wildman–Crippen LogP) is 1.56. The van der Waals surface area contributed by atoms with Crippen LogP contribution in [0.15, 0.2) is 18.2 Å². The van der Waals surface area contributed by atoms with Gasteiger partial charge in [-0.1, -0.05) is 0 Å². The molecule has 1 fully saturated rings. The molecule has 0 radical (unpaired) electrons. The molecule has 0 aromatic heterocycles. The van der Waals surface area contributed by atoms with Gasteiger partial charge in [-0.3, -0.25) is 4.79 Å². The Bertz CT molecular complexity index is 453. The Morgan fingerprint density at radius 1 is 1.50 bits per heavy atom. The zero-order valence-corrected chi connectivity index (χ0v) is 10.4. The van der Waals surface area contributed by atoms with Gasteiger partial charge in [-0.25, -0.2) is 0 Å². The molecule has 3 rings (SSSR count). The summed E-state index contributed by atoms with van der Waals surface area (Å²) in [6.45, 7) is 2.75. The zero-order valence-electron chi connectivity index (χ0n) is 10.4. The molecule has 4 heteroatoms. The van der Waals surface area contributed by atoms with Gasteiger partial charge in [0.05, 0.1) is 6.61 Å². The molecule has 0 aliphatic carbocycles. The maximum atomic E-state index is 11.9. The average molecular weight is 246 g/mol. The minimum atomic E-state index is 0.113. The van der Waals surface area contributed by atoms with Gasteiger partial charge in [0.2, 0.25) is 5.91 Å². The van der Waals surface area contributed by atoms with Crippen LogP contribution in [0.5, 0.6) is 5.75 Å². The Hall–Kier alpha value is -1.55. The van der Waals surface area contributed by atoms with E-state index in [2.05, 4.69) is 10.6 Å². The molecule has 1 amide bonds. The van der Waals surface area contributed by atoms with Crippen molar-refractivity contribution in [2.45, 2.75) is 19.3 Å². The summed E-state index contributed by atoms with van der Waals surface area (Å²) in [4.78, 5) is 11.9. The minimum Gasteiger partial charge on any atom is -0.493 e. The van der Waals surface area contributed by atoms with Crippen molar-refractivity contribution in [2.24, 2.45) is 5.92 Å². The van der Waals surface area contributed by atoms with Gasteiger partial charge in [0.1, 0.15) is 5.75 Å². The van der Waals surface area contributed by atoms with Crippen molar-refractivity contribution in [3.05, 3.63) is 23.8 Å². The molecule has 1 unspecified atom stereocenters. The molecule has 1 aromatic rings. The van der Waals surface area contributed by atoms with Crippen LogP contribution in [0.3, 0.4) is 0 Å². The molecular formula is C14H18N2O2. The topological polar surface area (TPSA) is 50.4 Å². The molecule has 1 aromatic carbocycles. The molecule has 0 saturated carbocycles. The van der Waals surface area contributed by atoms with Gasteiger partial charge in [-0.05, 0) is 49.2 Å². The number of carbonyl (C=O) groups excluding carboxylic acids is 1. The number of ether oxygens (including phenoxy) is 1. The molecule has 4 nitrogen and oxygen atoms in total. The second-order valence-corrected chi connectivity index (χ2v) is 5.03. The number of hydrogen-bond acceptors (Lipinski definition) is 3. The number of nitrogens with one attached hydrogen (secondary N) is 2. The van der Waals surface area contributed by atoms with Crippen LogP contribution < -0.4 is 15.4 Å². The third-order valence-electron chi connectivity index (χ3n) is 3.61. The van der Waals surface area contributed by atoms with Crippen molar-refractivity contribution in [3.63, 3.8) is 0 Å². The Labute approximate surface area is 107 Å². The van der Waals surface area contributed by atoms with Crippen LogP contribution in [0.25, 0.3) is 0 Å². The van der Waals surface area contributed by atoms with Crippen molar-refractivity contribution >= 4 is 11.6 Å². The zero-order chi connectivity index (χ0) is 12.4. The first kappa shape index (κ1) is 11.5. The molecule has 96 valence electrons. The molecule has 0 bridgehead atoms. The monoisotopic (exact) mass is 246 g/mol. The van der Waals surface area contributed by atoms with Crippen molar-refractivity contribution in [2.75, 3.05) is 25.0 Å². The molecule has 2 aliphatic rings. The fourth-order valence-corrected chi connectivity index (χ4v) is 2.63. The summed E-state index contributed by atoms with van der Waals surface area (Å²) in [5, 5.41) is 6.26. The fourth-order valence-electron chi connectivity index (χ4n) is 2.63. The van der Waals surface area contributed by atoms with E-state index in [-0.39, 0.29) is 5.91 Å². The third-order valence-corrected chi connectivity index (χ3v) is 3.61. The summed E-state index contributed by atoms with van der Waals surface area (Å²) < 4.78 is 5.45. The molecule has 18 heavy (non-hydrogen) atoms. The summed E-state index contributed by atoms with van der Waals surface area (Å²) >= 11 is 0. The van der Waals surface area contributed by atoms with Gasteiger partial charge in [-0.15, -0.1) is 0 Å². The molecular weight excluding hydrogens is 228 g/mol. The predicted molar refractivity (Wildman–Crippen MR) is 69.9 cm³/mol. The number of benzene rings is 1. The maximum Gasteiger partial charge on any atom is 0.224 e. The number of anilines is 1. The van der Waals surface area contributed by atoms with E-state index in [1.165, 1.54) is 5.56 Å². The highest BCUT2D eigenvalue weighted by atomic mass is 16.5. The van der Waals surface area contributed by atoms with E-state index < -0.39 is 0 Å². The first-order valence-electron chi connectivity index (χ1n) is 6.57. The number of rotatable bonds is 3. The summed E-state index contributed by atoms with van der Waals surface area (Å²) in [6.07, 6.45) is 2.65. The Balaban J connectivity index is 1.60. The Morgan fingerprint density at radius 3 is 3.28 bits per heavy atom. The summed E-state index contributed by atoms with van der Waals surface area (Å²) in [7, 11) is 0. The van der Waals surface area contributed by atoms with Crippen LogP contribution in [0.4, 0.5) is 5.69 Å². The van der Waals surface area contributed by atoms with E-state index in [0.717, 1.165) is 44.0 Å². The maximum absolute atomic E-state index is 11.9. The van der Waals surface area contributed by atoms with Crippen molar-refractivity contribution in [3.8, 4) is 5.75 Å². The highest BCUT2D eigenvalue weighted by molar-refractivity contribution is 5.91. The van der Waals surface area contributed by atoms with Gasteiger partial charge < -0.3 is 15.4 Å². The van der Waals surface area contributed by atoms with Crippen LogP contribution in [-0.2, 0) is 11.2 Å². The van der Waals surface area contributed by atoms with Crippen LogP contribution in [0, 0.1) is 5.92 Å². The van der Waals surface area contributed by atoms with E-state index in [4.69, 9.17) is 4.74 Å². The normalized spacial score (nSPS) is 21.4. The van der Waals surface area contributed by atoms with Crippen LogP contribution in [0.1, 0.15) is 18.4 Å². The summed E-state index contributed by atoms with van der Waals surface area (Å²) in [5.74, 6) is 1.55. The summed E-state index contributed by atoms with van der Waals surface area (Å²) in [5.41, 5.74) is 2.07. The lowest BCUT2D eigenvalue weighted by Crippen LogP contribution is -2.18. The highest BCUT2D eigenvalue weighted by Crippen LogP contribution is 2.28. The third kappa shape index (κ3) is 2.48. The Morgan fingerprint density at radius 2 is 2.44 bits per heavy atom. The molecule has 2 N–H and O–H groups in total. The number of amides is 1. The average Bonchev–Trinajstić information content (AvgIpc) is 2.98. The van der Waals surface area contributed by atoms with Crippen molar-refractivity contribution in [1.29, 1.82) is 0 Å². The molecule has 2 aliphatic heterocycles. The fraction of sp³-hybridized carbons (Fsp3) is 0.500. The molecule has 1 saturated heterocycles. The van der Waals surface area contributed by atoms with Gasteiger partial charge in [0.15, 0.2) is 0 Å². The number of hydrogen-bond donors (Lipinski definition) is 2. The smallest absolute Gasteiger partial charge is 0.224 e. The van der Waals surface area contributed by atoms with E-state index in [9.17, 15) is 4.79 Å². The van der Waals surface area contributed by atoms with Crippen LogP contribution >= 0.6 is 0 Å². The second-order valence-electron chi connectivity index (χ2n) is 5.03. The van der Waals surface area contributed by atoms with Crippen LogP contribution in [0.2, 0.25) is 0 Å². The number of carbonyl (C=O) groups is 1. The molecule has 0 spiro atoms. The van der Waals surface area contributed by atoms with Crippen LogP contribution in [-0.4, -0.2) is 25.6 Å². The van der Waals surface area contributed by atoms with E-state index in [0.29, 0.717) is 12.3 Å². The lowest BCUT2D eigenvalue weighted by Gasteiger charge is -2.10. The van der Waals surface area contributed by atoms with Gasteiger partial charge in [-0.2, -0.15) is 0 Å². The first-order valence-corrected chi connectivity index (χ1v) is 6.57. The van der Waals surface area contributed by atoms with Gasteiger partial charge in [0, 0.05) is 18.5 Å². The number of fused-ring (bicyclic) bond motifs is 1. The van der Waals surface area contributed by atoms with Crippen molar-refractivity contribution in [1.82, 2.24) is 5.32 Å². The lowest BCUT2D eigenvalue weighted by atomic mass is 10.0. The summed E-state index contributed by atoms with van der Waals surface area (Å²) in [6, 6.07) is 5.87. The van der Waals surface area contributed by atoms with E-state index in [1.807, 2.05) is 18.2 Å². The minimum absolute atomic E-state index is 0.113. The SMILES string of the molecule is O=C(CC1CCNC1)Nc1ccc2c(c1)CCO2. The largest absolute Gasteiger partial charge is 0.493 e. The standard InChI is InChI=1S/C14H18N2O2/c17-14(7-10-3-5-15-9-10)16-12-1-2-13-11(8-12)4-6-18-13/h1-2,8,10,15H,3-7,9H2,(H,16,17). The first-order chi connectivity index (χ1) is 8.81. The quantitative estimate of drug-likeness (QED) is 0.851. The van der Waals surface area contributed by atoms with E-state index in [1.54, 1.807) is 0 Å². The van der Waals surface area contributed by atoms with Crippen molar-refractivity contribution < 1.29 is 9.53 Å². The second kappa shape index (κ2) is 4.98. The molecule has 1 atom stereocenters. The van der Waals surface area contributed by atoms with E-state index >= 15 is 0 Å². The van der Waals surface area contributed by atoms with Gasteiger partial charge >= 0.3 is 0 Å². The lowest BCUT2D eigenvalue weighted by molar-refractivity contribution is -0.116. The Kier molecular flexibility index (Phi) is 3.19. The van der Waals surface area contributed by atoms with Gasteiger partial charge in [0.25, 0.3) is 0 Å². The highest BCUT2D eigenvalue weighted by Gasteiger charge is 2.18. The molecule has 2 heterocycles.